The highest BCUT2D eigenvalue weighted by Crippen LogP contribution is 2.40. The van der Waals surface area contributed by atoms with E-state index < -0.39 is 17.3 Å². The fourth-order valence-corrected chi connectivity index (χ4v) is 1.75. The Morgan fingerprint density at radius 2 is 1.94 bits per heavy atom. The van der Waals surface area contributed by atoms with Crippen LogP contribution < -0.4 is 4.74 Å². The van der Waals surface area contributed by atoms with E-state index in [0.29, 0.717) is 18.4 Å². The maximum atomic E-state index is 12.6. The van der Waals surface area contributed by atoms with Crippen LogP contribution in [0.3, 0.4) is 0 Å². The van der Waals surface area contributed by atoms with Gasteiger partial charge in [0.1, 0.15) is 5.75 Å². The number of ether oxygens (including phenoxy) is 1. The van der Waals surface area contributed by atoms with Crippen LogP contribution in [0.2, 0.25) is 0 Å². The van der Waals surface area contributed by atoms with Crippen molar-refractivity contribution < 1.29 is 23.0 Å². The second-order valence-corrected chi connectivity index (χ2v) is 4.47. The van der Waals surface area contributed by atoms with Crippen molar-refractivity contribution in [3.05, 3.63) is 29.3 Å². The second kappa shape index (κ2) is 3.91. The van der Waals surface area contributed by atoms with Crippen LogP contribution in [0.1, 0.15) is 24.0 Å². The largest absolute Gasteiger partial charge is 0.497 e. The van der Waals surface area contributed by atoms with Crippen molar-refractivity contribution >= 4 is 0 Å². The Kier molecular flexibility index (Phi) is 2.81. The van der Waals surface area contributed by atoms with E-state index >= 15 is 0 Å². The quantitative estimate of drug-likeness (QED) is 0.888. The van der Waals surface area contributed by atoms with Gasteiger partial charge in [0, 0.05) is 6.42 Å². The van der Waals surface area contributed by atoms with Crippen molar-refractivity contribution in [2.45, 2.75) is 31.0 Å². The number of rotatable bonds is 3. The average molecular weight is 246 g/mol. The predicted molar refractivity (Wildman–Crippen MR) is 55.9 cm³/mol. The molecule has 0 aromatic heterocycles. The molecular formula is C12H13F3O2. The first-order chi connectivity index (χ1) is 7.82. The summed E-state index contributed by atoms with van der Waals surface area (Å²) >= 11 is 0. The fraction of sp³-hybridized carbons (Fsp3) is 0.500. The third-order valence-corrected chi connectivity index (χ3v) is 2.89. The van der Waals surface area contributed by atoms with Crippen LogP contribution >= 0.6 is 0 Å². The van der Waals surface area contributed by atoms with E-state index in [2.05, 4.69) is 0 Å². The first kappa shape index (κ1) is 12.2. The van der Waals surface area contributed by atoms with Crippen LogP contribution in [-0.2, 0) is 12.6 Å². The highest BCUT2D eigenvalue weighted by molar-refractivity contribution is 5.37. The molecule has 17 heavy (non-hydrogen) atoms. The third-order valence-electron chi connectivity index (χ3n) is 2.89. The summed E-state index contributed by atoms with van der Waals surface area (Å²) in [5, 5.41) is 9.72. The van der Waals surface area contributed by atoms with Crippen LogP contribution in [0.4, 0.5) is 13.2 Å². The van der Waals surface area contributed by atoms with Crippen LogP contribution in [0.25, 0.3) is 0 Å². The number of hydrogen-bond donors (Lipinski definition) is 1. The van der Waals surface area contributed by atoms with Gasteiger partial charge >= 0.3 is 6.18 Å². The summed E-state index contributed by atoms with van der Waals surface area (Å²) in [6.07, 6.45) is -2.86. The molecule has 0 heterocycles. The van der Waals surface area contributed by atoms with Gasteiger partial charge in [-0.25, -0.2) is 0 Å². The fourth-order valence-electron chi connectivity index (χ4n) is 1.75. The van der Waals surface area contributed by atoms with Crippen molar-refractivity contribution in [1.29, 1.82) is 0 Å². The topological polar surface area (TPSA) is 29.5 Å². The van der Waals surface area contributed by atoms with E-state index in [-0.39, 0.29) is 12.2 Å². The van der Waals surface area contributed by atoms with Gasteiger partial charge in [0.25, 0.3) is 0 Å². The SMILES string of the molecule is COc1cc(CC2(O)CC2)cc(C(F)(F)F)c1. The molecule has 1 aromatic rings. The molecule has 94 valence electrons. The van der Waals surface area contributed by atoms with Crippen molar-refractivity contribution in [2.75, 3.05) is 7.11 Å². The Bertz CT molecular complexity index is 422. The van der Waals surface area contributed by atoms with Gasteiger partial charge in [-0.3, -0.25) is 0 Å². The van der Waals surface area contributed by atoms with E-state index in [1.165, 1.54) is 13.2 Å². The molecule has 0 atom stereocenters. The summed E-state index contributed by atoms with van der Waals surface area (Å²) in [6.45, 7) is 0. The molecule has 0 saturated heterocycles. The lowest BCUT2D eigenvalue weighted by molar-refractivity contribution is -0.137. The minimum atomic E-state index is -4.39. The van der Waals surface area contributed by atoms with Crippen LogP contribution in [-0.4, -0.2) is 17.8 Å². The molecule has 1 fully saturated rings. The van der Waals surface area contributed by atoms with Crippen LogP contribution in [0, 0.1) is 0 Å². The lowest BCUT2D eigenvalue weighted by Crippen LogP contribution is -2.12. The predicted octanol–water partition coefficient (Wildman–Crippen LogP) is 2.78. The van der Waals surface area contributed by atoms with E-state index in [9.17, 15) is 18.3 Å². The Morgan fingerprint density at radius 1 is 1.29 bits per heavy atom. The second-order valence-electron chi connectivity index (χ2n) is 4.47. The van der Waals surface area contributed by atoms with Crippen molar-refractivity contribution in [3.63, 3.8) is 0 Å². The average Bonchev–Trinajstić information content (AvgIpc) is 2.94. The summed E-state index contributed by atoms with van der Waals surface area (Å²) < 4.78 is 42.7. The first-order valence-corrected chi connectivity index (χ1v) is 5.30. The zero-order chi connectivity index (χ0) is 12.7. The molecule has 0 bridgehead atoms. The molecule has 1 N–H and O–H groups in total. The molecule has 1 aliphatic carbocycles. The number of benzene rings is 1. The lowest BCUT2D eigenvalue weighted by atomic mass is 10.0. The standard InChI is InChI=1S/C12H13F3O2/c1-17-10-5-8(7-11(16)2-3-11)4-9(6-10)12(13,14)15/h4-6,16H,2-3,7H2,1H3. The summed E-state index contributed by atoms with van der Waals surface area (Å²) in [5.41, 5.74) is -1.09. The molecule has 5 heteroatoms. The molecule has 1 aliphatic rings. The molecule has 0 spiro atoms. The van der Waals surface area contributed by atoms with Crippen molar-refractivity contribution in [1.82, 2.24) is 0 Å². The Labute approximate surface area is 97.0 Å². The molecule has 0 radical (unpaired) electrons. The molecule has 0 unspecified atom stereocenters. The smallest absolute Gasteiger partial charge is 0.416 e. The molecule has 0 amide bonds. The first-order valence-electron chi connectivity index (χ1n) is 5.30. The van der Waals surface area contributed by atoms with Crippen molar-refractivity contribution in [2.24, 2.45) is 0 Å². The maximum Gasteiger partial charge on any atom is 0.416 e. The molecule has 1 aromatic carbocycles. The van der Waals surface area contributed by atoms with E-state index in [1.807, 2.05) is 0 Å². The number of hydrogen-bond acceptors (Lipinski definition) is 2. The van der Waals surface area contributed by atoms with Gasteiger partial charge in [0.05, 0.1) is 18.3 Å². The summed E-state index contributed by atoms with van der Waals surface area (Å²) in [7, 11) is 1.32. The molecule has 1 saturated carbocycles. The van der Waals surface area contributed by atoms with Crippen LogP contribution in [0.15, 0.2) is 18.2 Å². The summed E-state index contributed by atoms with van der Waals surface area (Å²) in [4.78, 5) is 0. The van der Waals surface area contributed by atoms with Gasteiger partial charge in [-0.2, -0.15) is 13.2 Å². The van der Waals surface area contributed by atoms with Gasteiger partial charge in [-0.15, -0.1) is 0 Å². The monoisotopic (exact) mass is 246 g/mol. The van der Waals surface area contributed by atoms with E-state index in [1.54, 1.807) is 0 Å². The van der Waals surface area contributed by atoms with Crippen molar-refractivity contribution in [3.8, 4) is 5.75 Å². The minimum absolute atomic E-state index is 0.166. The molecular weight excluding hydrogens is 233 g/mol. The molecule has 2 nitrogen and oxygen atoms in total. The Morgan fingerprint density at radius 3 is 2.41 bits per heavy atom. The van der Waals surface area contributed by atoms with Gasteiger partial charge in [-0.05, 0) is 36.6 Å². The zero-order valence-electron chi connectivity index (χ0n) is 9.34. The third kappa shape index (κ3) is 2.91. The minimum Gasteiger partial charge on any atom is -0.497 e. The highest BCUT2D eigenvalue weighted by atomic mass is 19.4. The maximum absolute atomic E-state index is 12.6. The number of aliphatic hydroxyl groups is 1. The van der Waals surface area contributed by atoms with E-state index in [0.717, 1.165) is 12.1 Å². The van der Waals surface area contributed by atoms with Crippen LogP contribution in [0.5, 0.6) is 5.75 Å². The number of methoxy groups -OCH3 is 1. The Balaban J connectivity index is 2.31. The molecule has 0 aliphatic heterocycles. The zero-order valence-corrected chi connectivity index (χ0v) is 9.34. The van der Waals surface area contributed by atoms with Gasteiger partial charge < -0.3 is 9.84 Å². The normalized spacial score (nSPS) is 17.9. The van der Waals surface area contributed by atoms with Gasteiger partial charge in [-0.1, -0.05) is 0 Å². The lowest BCUT2D eigenvalue weighted by Gasteiger charge is -2.13. The number of alkyl halides is 3. The van der Waals surface area contributed by atoms with Gasteiger partial charge in [0.2, 0.25) is 0 Å². The highest BCUT2D eigenvalue weighted by Gasteiger charge is 2.41. The van der Waals surface area contributed by atoms with E-state index in [4.69, 9.17) is 4.74 Å². The summed E-state index contributed by atoms with van der Waals surface area (Å²) in [5.74, 6) is 0.166. The number of halogens is 3. The van der Waals surface area contributed by atoms with Gasteiger partial charge in [0.15, 0.2) is 0 Å². The summed E-state index contributed by atoms with van der Waals surface area (Å²) in [6, 6.07) is 3.56. The Hall–Kier alpha value is -1.23. The molecule has 2 rings (SSSR count).